The second-order valence-electron chi connectivity index (χ2n) is 16.7. The number of rotatable bonds is 6. The third-order valence-corrected chi connectivity index (χ3v) is 13.5. The first-order chi connectivity index (χ1) is 31.3. The quantitative estimate of drug-likeness (QED) is 0.167. The Hall–Kier alpha value is -8.20. The summed E-state index contributed by atoms with van der Waals surface area (Å²) in [6.45, 7) is 0. The van der Waals surface area contributed by atoms with Crippen LogP contribution in [0.4, 0.5) is 17.1 Å². The van der Waals surface area contributed by atoms with Crippen LogP contribution < -0.4 is 4.90 Å². The van der Waals surface area contributed by atoms with Crippen LogP contribution >= 0.6 is 0 Å². The number of hydrogen-bond acceptors (Lipinski definition) is 2. The lowest BCUT2D eigenvalue weighted by atomic mass is 9.70. The van der Waals surface area contributed by atoms with Crippen LogP contribution in [0.5, 0.6) is 0 Å². The number of benzene rings is 10. The van der Waals surface area contributed by atoms with E-state index in [9.17, 15) is 0 Å². The summed E-state index contributed by atoms with van der Waals surface area (Å²) in [6, 6.07) is 86.5. The second-order valence-corrected chi connectivity index (χ2v) is 16.7. The molecule has 0 amide bonds. The third-order valence-electron chi connectivity index (χ3n) is 13.5. The Morgan fingerprint density at radius 1 is 0.317 bits per heavy atom. The van der Waals surface area contributed by atoms with Crippen molar-refractivity contribution in [2.45, 2.75) is 5.41 Å². The van der Waals surface area contributed by atoms with E-state index in [-0.39, 0.29) is 0 Å². The fraction of sp³-hybridized carbons (Fsp3) is 0.0164. The number of fused-ring (bicyclic) bond motifs is 13. The van der Waals surface area contributed by atoms with E-state index in [2.05, 4.69) is 241 Å². The standard InChI is InChI=1S/C61H39NO/c1-3-17-40(18-4-1)43-37-44(41-19-5-2-6-20-41)39-45(38-43)42-33-35-46(36-34-42)62(56-30-16-32-58-60(56)50-24-10-14-31-57(50)63-58)55-29-15-28-54-59(55)49-23-9-13-27-53(49)61(54)51-25-11-7-21-47(51)48-22-8-12-26-52(48)61/h1-39H. The van der Waals surface area contributed by atoms with E-state index in [0.29, 0.717) is 0 Å². The maximum absolute atomic E-state index is 6.56. The molecule has 0 radical (unpaired) electrons. The van der Waals surface area contributed by atoms with E-state index in [0.717, 1.165) is 44.6 Å². The summed E-state index contributed by atoms with van der Waals surface area (Å²) in [4.78, 5) is 2.48. The van der Waals surface area contributed by atoms with Gasteiger partial charge in [-0.25, -0.2) is 0 Å². The van der Waals surface area contributed by atoms with E-state index in [1.165, 1.54) is 72.3 Å². The third kappa shape index (κ3) is 5.25. The molecule has 0 aliphatic heterocycles. The maximum Gasteiger partial charge on any atom is 0.137 e. The molecule has 1 spiro atoms. The summed E-state index contributed by atoms with van der Waals surface area (Å²) in [5.74, 6) is 0. The predicted octanol–water partition coefficient (Wildman–Crippen LogP) is 16.4. The number of anilines is 3. The van der Waals surface area contributed by atoms with Gasteiger partial charge in [0.25, 0.3) is 0 Å². The van der Waals surface area contributed by atoms with E-state index >= 15 is 0 Å². The molecule has 2 nitrogen and oxygen atoms in total. The van der Waals surface area contributed by atoms with Crippen molar-refractivity contribution in [3.05, 3.63) is 259 Å². The van der Waals surface area contributed by atoms with Gasteiger partial charge in [0.15, 0.2) is 0 Å². The molecule has 1 aromatic heterocycles. The summed E-state index contributed by atoms with van der Waals surface area (Å²) >= 11 is 0. The lowest BCUT2D eigenvalue weighted by Crippen LogP contribution is -2.26. The molecule has 2 heteroatoms. The fourth-order valence-electron chi connectivity index (χ4n) is 10.9. The van der Waals surface area contributed by atoms with Crippen LogP contribution in [0.1, 0.15) is 22.3 Å². The monoisotopic (exact) mass is 801 g/mol. The molecule has 0 N–H and O–H groups in total. The highest BCUT2D eigenvalue weighted by Crippen LogP contribution is 2.64. The van der Waals surface area contributed by atoms with E-state index < -0.39 is 5.41 Å². The first kappa shape index (κ1) is 35.5. The Morgan fingerprint density at radius 2 is 0.778 bits per heavy atom. The highest BCUT2D eigenvalue weighted by atomic mass is 16.3. The van der Waals surface area contributed by atoms with Crippen molar-refractivity contribution in [2.75, 3.05) is 4.90 Å². The molecule has 63 heavy (non-hydrogen) atoms. The minimum absolute atomic E-state index is 0.459. The van der Waals surface area contributed by atoms with Crippen molar-refractivity contribution in [3.8, 4) is 55.6 Å². The predicted molar refractivity (Wildman–Crippen MR) is 261 cm³/mol. The van der Waals surface area contributed by atoms with Gasteiger partial charge in [0.2, 0.25) is 0 Å². The zero-order valence-electron chi connectivity index (χ0n) is 34.4. The molecule has 0 saturated carbocycles. The van der Waals surface area contributed by atoms with E-state index in [1.54, 1.807) is 0 Å². The zero-order valence-corrected chi connectivity index (χ0v) is 34.4. The molecular formula is C61H39NO. The van der Waals surface area contributed by atoms with Crippen LogP contribution in [0.2, 0.25) is 0 Å². The minimum atomic E-state index is -0.459. The molecule has 294 valence electrons. The Balaban J connectivity index is 1.05. The van der Waals surface area contributed by atoms with Crippen molar-refractivity contribution in [1.82, 2.24) is 0 Å². The number of para-hydroxylation sites is 1. The molecule has 1 heterocycles. The SMILES string of the molecule is c1ccc(-c2cc(-c3ccccc3)cc(-c3ccc(N(c4cccc5c4-c4ccccc4C54c5ccccc5-c5ccccc54)c4cccc5oc6ccccc6c45)cc3)c2)cc1. The second kappa shape index (κ2) is 13.9. The summed E-state index contributed by atoms with van der Waals surface area (Å²) in [6.07, 6.45) is 0. The van der Waals surface area contributed by atoms with E-state index in [1.807, 2.05) is 0 Å². The smallest absolute Gasteiger partial charge is 0.137 e. The van der Waals surface area contributed by atoms with Crippen molar-refractivity contribution in [3.63, 3.8) is 0 Å². The topological polar surface area (TPSA) is 16.4 Å². The Labute approximate surface area is 366 Å². The lowest BCUT2D eigenvalue weighted by molar-refractivity contribution is 0.669. The lowest BCUT2D eigenvalue weighted by Gasteiger charge is -2.32. The van der Waals surface area contributed by atoms with Crippen LogP contribution in [0, 0.1) is 0 Å². The normalized spacial score (nSPS) is 12.9. The summed E-state index contributed by atoms with van der Waals surface area (Å²) in [7, 11) is 0. The molecule has 0 atom stereocenters. The highest BCUT2D eigenvalue weighted by Gasteiger charge is 2.52. The number of nitrogens with zero attached hydrogens (tertiary/aromatic N) is 1. The highest BCUT2D eigenvalue weighted by molar-refractivity contribution is 6.14. The minimum Gasteiger partial charge on any atom is -0.456 e. The fourth-order valence-corrected chi connectivity index (χ4v) is 10.9. The van der Waals surface area contributed by atoms with Crippen LogP contribution in [-0.2, 0) is 5.41 Å². The molecule has 2 aliphatic carbocycles. The van der Waals surface area contributed by atoms with Crippen LogP contribution in [0.15, 0.2) is 241 Å². The van der Waals surface area contributed by atoms with Gasteiger partial charge < -0.3 is 9.32 Å². The van der Waals surface area contributed by atoms with Crippen molar-refractivity contribution < 1.29 is 4.42 Å². The maximum atomic E-state index is 6.56. The Kier molecular flexibility index (Phi) is 7.85. The summed E-state index contributed by atoms with van der Waals surface area (Å²) < 4.78 is 6.56. The van der Waals surface area contributed by atoms with Gasteiger partial charge in [-0.1, -0.05) is 182 Å². The molecular weight excluding hydrogens is 763 g/mol. The van der Waals surface area contributed by atoms with Gasteiger partial charge in [0.1, 0.15) is 11.2 Å². The first-order valence-electron chi connectivity index (χ1n) is 21.8. The first-order valence-corrected chi connectivity index (χ1v) is 21.8. The summed E-state index contributed by atoms with van der Waals surface area (Å²) in [5.41, 5.74) is 22.1. The van der Waals surface area contributed by atoms with Gasteiger partial charge in [-0.15, -0.1) is 0 Å². The molecule has 11 aromatic rings. The molecule has 0 fully saturated rings. The molecule has 0 saturated heterocycles. The average molecular weight is 802 g/mol. The van der Waals surface area contributed by atoms with Crippen LogP contribution in [0.3, 0.4) is 0 Å². The Morgan fingerprint density at radius 3 is 1.41 bits per heavy atom. The van der Waals surface area contributed by atoms with Gasteiger partial charge >= 0.3 is 0 Å². The van der Waals surface area contributed by atoms with Gasteiger partial charge in [0, 0.05) is 16.6 Å². The van der Waals surface area contributed by atoms with Crippen molar-refractivity contribution >= 4 is 39.0 Å². The molecule has 10 aromatic carbocycles. The van der Waals surface area contributed by atoms with Gasteiger partial charge in [-0.05, 0) is 127 Å². The van der Waals surface area contributed by atoms with Crippen LogP contribution in [-0.4, -0.2) is 0 Å². The van der Waals surface area contributed by atoms with E-state index in [4.69, 9.17) is 4.42 Å². The molecule has 0 unspecified atom stereocenters. The molecule has 0 bridgehead atoms. The Bertz CT molecular complexity index is 3460. The average Bonchev–Trinajstić information content (AvgIpc) is 4.00. The largest absolute Gasteiger partial charge is 0.456 e. The van der Waals surface area contributed by atoms with Crippen LogP contribution in [0.25, 0.3) is 77.6 Å². The number of hydrogen-bond donors (Lipinski definition) is 0. The zero-order chi connectivity index (χ0) is 41.5. The molecule has 2 aliphatic rings. The summed E-state index contributed by atoms with van der Waals surface area (Å²) in [5, 5.41) is 2.19. The van der Waals surface area contributed by atoms with Gasteiger partial charge in [0.05, 0.1) is 22.2 Å². The molecule has 13 rings (SSSR count). The van der Waals surface area contributed by atoms with Crippen molar-refractivity contribution in [1.29, 1.82) is 0 Å². The van der Waals surface area contributed by atoms with Crippen molar-refractivity contribution in [2.24, 2.45) is 0 Å². The van der Waals surface area contributed by atoms with Gasteiger partial charge in [-0.2, -0.15) is 0 Å². The van der Waals surface area contributed by atoms with Gasteiger partial charge in [-0.3, -0.25) is 0 Å². The number of furan rings is 1.